The van der Waals surface area contributed by atoms with E-state index in [0.29, 0.717) is 41.7 Å². The Morgan fingerprint density at radius 3 is 2.86 bits per heavy atom. The molecule has 0 radical (unpaired) electrons. The summed E-state index contributed by atoms with van der Waals surface area (Å²) < 4.78 is 11.3. The Kier molecular flexibility index (Phi) is 6.57. The summed E-state index contributed by atoms with van der Waals surface area (Å²) in [6, 6.07) is 13.1. The summed E-state index contributed by atoms with van der Waals surface area (Å²) in [5.74, 6) is 1.37. The lowest BCUT2D eigenvalue weighted by Crippen LogP contribution is -2.54. The molecule has 0 unspecified atom stereocenters. The standard InChI is InChI=1S/C28H29N5O4/c1-16(2)36-25-11-10-18(12-19(25)13-29)27-31-26(32-37-27)23-8-4-7-22-21(23)6-5-9-24(22)30-28(35)33-14-20(15-33)17(3)34/h4,7-8,10-12,16,20,24,34H,3,5-6,9,14-15H2,1-2H3,(H,30,35)/t24-/m1/s1. The largest absolute Gasteiger partial charge is 0.513 e. The molecule has 3 aromatic rings. The third kappa shape index (κ3) is 4.87. The normalized spacial score (nSPS) is 17.0. The Labute approximate surface area is 215 Å². The quantitative estimate of drug-likeness (QED) is 0.449. The molecule has 1 atom stereocenters. The topological polar surface area (TPSA) is 125 Å². The number of benzene rings is 2. The van der Waals surface area contributed by atoms with Crippen molar-refractivity contribution in [3.05, 3.63) is 65.4 Å². The van der Waals surface area contributed by atoms with Crippen LogP contribution in [-0.4, -0.2) is 45.4 Å². The lowest BCUT2D eigenvalue weighted by atomic mass is 9.84. The Morgan fingerprint density at radius 1 is 1.32 bits per heavy atom. The van der Waals surface area contributed by atoms with Crippen molar-refractivity contribution < 1.29 is 19.2 Å². The highest BCUT2D eigenvalue weighted by molar-refractivity contribution is 5.76. The van der Waals surface area contributed by atoms with E-state index in [-0.39, 0.29) is 29.9 Å². The molecule has 5 rings (SSSR count). The van der Waals surface area contributed by atoms with Crippen LogP contribution in [0.25, 0.3) is 22.8 Å². The highest BCUT2D eigenvalue weighted by Gasteiger charge is 2.34. The van der Waals surface area contributed by atoms with Crippen molar-refractivity contribution in [2.45, 2.75) is 45.3 Å². The second kappa shape index (κ2) is 9.97. The summed E-state index contributed by atoms with van der Waals surface area (Å²) in [4.78, 5) is 19.1. The van der Waals surface area contributed by atoms with Gasteiger partial charge in [-0.15, -0.1) is 0 Å². The zero-order valence-electron chi connectivity index (χ0n) is 20.9. The van der Waals surface area contributed by atoms with E-state index < -0.39 is 0 Å². The Balaban J connectivity index is 1.37. The number of aromatic nitrogens is 2. The first-order valence-electron chi connectivity index (χ1n) is 12.4. The minimum Gasteiger partial charge on any atom is -0.513 e. The molecule has 0 saturated carbocycles. The maximum Gasteiger partial charge on any atom is 0.317 e. The fourth-order valence-corrected chi connectivity index (χ4v) is 4.86. The number of carbonyl (C=O) groups excluding carboxylic acids is 1. The predicted octanol–water partition coefficient (Wildman–Crippen LogP) is 5.15. The second-order valence-electron chi connectivity index (χ2n) is 9.77. The number of nitriles is 1. The number of fused-ring (bicyclic) bond motifs is 1. The number of amides is 2. The van der Waals surface area contributed by atoms with Crippen molar-refractivity contribution in [3.63, 3.8) is 0 Å². The van der Waals surface area contributed by atoms with Gasteiger partial charge in [-0.3, -0.25) is 0 Å². The smallest absolute Gasteiger partial charge is 0.317 e. The molecule has 2 aromatic carbocycles. The van der Waals surface area contributed by atoms with Gasteiger partial charge in [0.05, 0.1) is 29.4 Å². The molecule has 9 heteroatoms. The van der Waals surface area contributed by atoms with Gasteiger partial charge in [0.15, 0.2) is 0 Å². The van der Waals surface area contributed by atoms with Gasteiger partial charge in [0.1, 0.15) is 11.8 Å². The molecule has 0 spiro atoms. The summed E-state index contributed by atoms with van der Waals surface area (Å²) in [5.41, 5.74) is 4.05. The van der Waals surface area contributed by atoms with Crippen LogP contribution in [0.2, 0.25) is 0 Å². The van der Waals surface area contributed by atoms with Crippen LogP contribution in [-0.2, 0) is 6.42 Å². The number of urea groups is 1. The van der Waals surface area contributed by atoms with Crippen molar-refractivity contribution in [2.75, 3.05) is 13.1 Å². The Hall–Kier alpha value is -4.32. The average Bonchev–Trinajstić information content (AvgIpc) is 3.33. The van der Waals surface area contributed by atoms with Gasteiger partial charge in [0.25, 0.3) is 5.89 Å². The van der Waals surface area contributed by atoms with Gasteiger partial charge in [-0.1, -0.05) is 29.9 Å². The summed E-state index contributed by atoms with van der Waals surface area (Å²) in [6.45, 7) is 8.32. The van der Waals surface area contributed by atoms with Crippen LogP contribution >= 0.6 is 0 Å². The summed E-state index contributed by atoms with van der Waals surface area (Å²) in [7, 11) is 0. The molecule has 2 amide bonds. The lowest BCUT2D eigenvalue weighted by Gasteiger charge is -2.40. The minimum atomic E-state index is -0.138. The van der Waals surface area contributed by atoms with Gasteiger partial charge in [0.2, 0.25) is 5.82 Å². The molecule has 37 heavy (non-hydrogen) atoms. The molecular formula is C28H29N5O4. The van der Waals surface area contributed by atoms with Crippen LogP contribution in [0.4, 0.5) is 4.79 Å². The van der Waals surface area contributed by atoms with E-state index >= 15 is 0 Å². The van der Waals surface area contributed by atoms with Crippen LogP contribution in [0.1, 0.15) is 49.4 Å². The van der Waals surface area contributed by atoms with Gasteiger partial charge in [-0.2, -0.15) is 10.2 Å². The SMILES string of the molecule is C=C(O)C1CN(C(=O)N[C@@H]2CCCc3c(-c4noc(-c5ccc(OC(C)C)c(C#N)c5)n4)cccc32)C1. The fourth-order valence-electron chi connectivity index (χ4n) is 4.86. The molecular weight excluding hydrogens is 470 g/mol. The fraction of sp³-hybridized carbons (Fsp3) is 0.357. The first-order valence-corrected chi connectivity index (χ1v) is 12.4. The molecule has 190 valence electrons. The van der Waals surface area contributed by atoms with Crippen LogP contribution < -0.4 is 10.1 Å². The average molecular weight is 500 g/mol. The maximum absolute atomic E-state index is 12.8. The molecule has 2 N–H and O–H groups in total. The molecule has 2 heterocycles. The highest BCUT2D eigenvalue weighted by atomic mass is 16.5. The maximum atomic E-state index is 12.8. The number of nitrogens with zero attached hydrogens (tertiary/aromatic N) is 4. The van der Waals surface area contributed by atoms with E-state index in [4.69, 9.17) is 9.26 Å². The van der Waals surface area contributed by atoms with Crippen LogP contribution in [0.5, 0.6) is 5.75 Å². The molecule has 1 aliphatic heterocycles. The van der Waals surface area contributed by atoms with Gasteiger partial charge in [-0.25, -0.2) is 4.79 Å². The van der Waals surface area contributed by atoms with Gasteiger partial charge >= 0.3 is 6.03 Å². The predicted molar refractivity (Wildman–Crippen MR) is 137 cm³/mol. The van der Waals surface area contributed by atoms with Gasteiger partial charge < -0.3 is 24.6 Å². The summed E-state index contributed by atoms with van der Waals surface area (Å²) in [6.07, 6.45) is 2.55. The zero-order valence-corrected chi connectivity index (χ0v) is 20.9. The monoisotopic (exact) mass is 499 g/mol. The van der Waals surface area contributed by atoms with Crippen molar-refractivity contribution in [3.8, 4) is 34.7 Å². The Bertz CT molecular complexity index is 1380. The zero-order chi connectivity index (χ0) is 26.1. The van der Waals surface area contributed by atoms with Crippen molar-refractivity contribution in [2.24, 2.45) is 5.92 Å². The number of hydrogen-bond donors (Lipinski definition) is 2. The molecule has 1 aromatic heterocycles. The number of carbonyl (C=O) groups is 1. The van der Waals surface area contributed by atoms with Crippen LogP contribution in [0, 0.1) is 17.2 Å². The first kappa shape index (κ1) is 24.4. The van der Waals surface area contributed by atoms with Crippen LogP contribution in [0.3, 0.4) is 0 Å². The summed E-state index contributed by atoms with van der Waals surface area (Å²) >= 11 is 0. The minimum absolute atomic E-state index is 0.0470. The molecule has 9 nitrogen and oxygen atoms in total. The molecule has 1 fully saturated rings. The molecule has 2 aliphatic rings. The number of nitrogens with one attached hydrogen (secondary N) is 1. The summed E-state index contributed by atoms with van der Waals surface area (Å²) in [5, 5.41) is 26.4. The molecule has 0 bridgehead atoms. The van der Waals surface area contributed by atoms with E-state index in [1.807, 2.05) is 32.0 Å². The number of aliphatic hydroxyl groups excluding tert-OH is 1. The van der Waals surface area contributed by atoms with Gasteiger partial charge in [0, 0.05) is 24.2 Å². The van der Waals surface area contributed by atoms with E-state index in [0.717, 1.165) is 36.0 Å². The first-order chi connectivity index (χ1) is 17.8. The third-order valence-electron chi connectivity index (χ3n) is 6.82. The van der Waals surface area contributed by atoms with E-state index in [2.05, 4.69) is 28.1 Å². The van der Waals surface area contributed by atoms with E-state index in [9.17, 15) is 15.2 Å². The highest BCUT2D eigenvalue weighted by Crippen LogP contribution is 2.37. The van der Waals surface area contributed by atoms with E-state index in [1.54, 1.807) is 23.1 Å². The van der Waals surface area contributed by atoms with E-state index in [1.165, 1.54) is 0 Å². The van der Waals surface area contributed by atoms with Crippen molar-refractivity contribution >= 4 is 6.03 Å². The molecule has 1 saturated heterocycles. The number of ether oxygens (including phenoxy) is 1. The Morgan fingerprint density at radius 2 is 2.14 bits per heavy atom. The van der Waals surface area contributed by atoms with Crippen molar-refractivity contribution in [1.82, 2.24) is 20.4 Å². The second-order valence-corrected chi connectivity index (χ2v) is 9.77. The third-order valence-corrected chi connectivity index (χ3v) is 6.82. The number of aliphatic hydroxyl groups is 1. The number of hydrogen-bond acceptors (Lipinski definition) is 7. The number of rotatable bonds is 6. The number of likely N-dealkylation sites (tertiary alicyclic amines) is 1. The molecule has 1 aliphatic carbocycles. The lowest BCUT2D eigenvalue weighted by molar-refractivity contribution is 0.111. The van der Waals surface area contributed by atoms with Gasteiger partial charge in [-0.05, 0) is 62.4 Å². The van der Waals surface area contributed by atoms with Crippen LogP contribution in [0.15, 0.2) is 53.3 Å². The van der Waals surface area contributed by atoms with Crippen molar-refractivity contribution in [1.29, 1.82) is 5.26 Å².